The Labute approximate surface area is 91.1 Å². The van der Waals surface area contributed by atoms with E-state index in [0.717, 1.165) is 0 Å². The van der Waals surface area contributed by atoms with Crippen LogP contribution in [-0.2, 0) is 0 Å². The zero-order chi connectivity index (χ0) is 12.8. The smallest absolute Gasteiger partial charge is 0.386 e. The molecule has 0 bridgehead atoms. The van der Waals surface area contributed by atoms with Crippen LogP contribution in [0, 0.1) is 5.41 Å². The van der Waals surface area contributed by atoms with Crippen molar-refractivity contribution >= 4 is 11.9 Å². The van der Waals surface area contributed by atoms with Crippen LogP contribution in [0.3, 0.4) is 0 Å². The Kier molecular flexibility index (Phi) is 5.62. The third-order valence-electron chi connectivity index (χ3n) is 1.71. The molecule has 0 radical (unpaired) electrons. The predicted molar refractivity (Wildman–Crippen MR) is 53.2 cm³/mol. The molecule has 5 N–H and O–H groups in total. The molecule has 0 aromatic rings. The highest BCUT2D eigenvalue weighted by Gasteiger charge is 2.28. The Bertz CT molecular complexity index is 254. The van der Waals surface area contributed by atoms with Crippen LogP contribution >= 0.6 is 0 Å². The molecule has 0 saturated heterocycles. The van der Waals surface area contributed by atoms with E-state index in [1.165, 1.54) is 0 Å². The lowest BCUT2D eigenvalue weighted by atomic mass is 10.1. The Hall–Kier alpha value is -1.47. The minimum Gasteiger partial charge on any atom is -0.386 e. The van der Waals surface area contributed by atoms with Gasteiger partial charge in [0.15, 0.2) is 0 Å². The van der Waals surface area contributed by atoms with E-state index in [0.29, 0.717) is 12.8 Å². The first kappa shape index (κ1) is 14.5. The molecule has 8 heteroatoms. The number of hydrogen-bond donors (Lipinski definition) is 4. The maximum Gasteiger partial charge on any atom is 0.405 e. The van der Waals surface area contributed by atoms with Crippen LogP contribution in [-0.4, -0.2) is 30.6 Å². The van der Waals surface area contributed by atoms with Crippen molar-refractivity contribution in [3.8, 4) is 0 Å². The van der Waals surface area contributed by atoms with Gasteiger partial charge in [0.25, 0.3) is 0 Å². The van der Waals surface area contributed by atoms with E-state index in [4.69, 9.17) is 11.1 Å². The van der Waals surface area contributed by atoms with Crippen molar-refractivity contribution in [2.24, 2.45) is 5.73 Å². The fourth-order valence-electron chi connectivity index (χ4n) is 0.984. The van der Waals surface area contributed by atoms with E-state index >= 15 is 0 Å². The number of hydrogen-bond acceptors (Lipinski definition) is 2. The van der Waals surface area contributed by atoms with Crippen LogP contribution in [0.4, 0.5) is 18.0 Å². The molecule has 16 heavy (non-hydrogen) atoms. The number of halogens is 3. The summed E-state index contributed by atoms with van der Waals surface area (Å²) in [7, 11) is 0. The van der Waals surface area contributed by atoms with Crippen molar-refractivity contribution < 1.29 is 18.0 Å². The van der Waals surface area contributed by atoms with Gasteiger partial charge in [0.05, 0.1) is 6.04 Å². The van der Waals surface area contributed by atoms with Crippen LogP contribution in [0.2, 0.25) is 0 Å². The summed E-state index contributed by atoms with van der Waals surface area (Å²) in [6.45, 7) is 0.404. The quantitative estimate of drug-likeness (QED) is 0.425. The lowest BCUT2D eigenvalue weighted by molar-refractivity contribution is -0.122. The molecule has 1 unspecified atom stereocenters. The molecule has 0 aliphatic rings. The van der Waals surface area contributed by atoms with E-state index < -0.39 is 24.8 Å². The molecule has 0 saturated carbocycles. The van der Waals surface area contributed by atoms with E-state index in [1.54, 1.807) is 5.32 Å². The summed E-state index contributed by atoms with van der Waals surface area (Å²) in [6.07, 6.45) is -3.38. The van der Waals surface area contributed by atoms with Gasteiger partial charge in [-0.1, -0.05) is 13.3 Å². The highest BCUT2D eigenvalue weighted by molar-refractivity contribution is 5.87. The summed E-state index contributed by atoms with van der Waals surface area (Å²) in [5, 5.41) is 10.9. The summed E-state index contributed by atoms with van der Waals surface area (Å²) in [5.74, 6) is -0.274. The van der Waals surface area contributed by atoms with Gasteiger partial charge in [-0.3, -0.25) is 5.41 Å². The van der Waals surface area contributed by atoms with Crippen molar-refractivity contribution in [3.63, 3.8) is 0 Å². The van der Waals surface area contributed by atoms with Crippen LogP contribution in [0.1, 0.15) is 19.8 Å². The van der Waals surface area contributed by atoms with Gasteiger partial charge in [-0.15, -0.1) is 0 Å². The summed E-state index contributed by atoms with van der Waals surface area (Å²) in [4.78, 5) is 11.0. The summed E-state index contributed by atoms with van der Waals surface area (Å²) >= 11 is 0. The molecule has 5 nitrogen and oxygen atoms in total. The number of amidine groups is 1. The van der Waals surface area contributed by atoms with Gasteiger partial charge in [0, 0.05) is 0 Å². The lowest BCUT2D eigenvalue weighted by Crippen LogP contribution is -2.49. The number of amides is 2. The Balaban J connectivity index is 4.05. The third kappa shape index (κ3) is 6.91. The molecule has 2 amide bonds. The first-order valence-electron chi connectivity index (χ1n) is 4.71. The van der Waals surface area contributed by atoms with E-state index in [1.807, 2.05) is 6.92 Å². The van der Waals surface area contributed by atoms with Gasteiger partial charge in [-0.05, 0) is 6.42 Å². The average Bonchev–Trinajstić information content (AvgIpc) is 2.13. The number of nitrogens with two attached hydrogens (primary N) is 1. The second-order valence-corrected chi connectivity index (χ2v) is 3.24. The first-order valence-corrected chi connectivity index (χ1v) is 4.71. The van der Waals surface area contributed by atoms with Gasteiger partial charge >= 0.3 is 12.2 Å². The summed E-state index contributed by atoms with van der Waals surface area (Å²) < 4.78 is 35.3. The van der Waals surface area contributed by atoms with Crippen molar-refractivity contribution in [3.05, 3.63) is 0 Å². The zero-order valence-corrected chi connectivity index (χ0v) is 8.82. The molecule has 0 fully saturated rings. The fourth-order valence-corrected chi connectivity index (χ4v) is 0.984. The van der Waals surface area contributed by atoms with Crippen LogP contribution < -0.4 is 16.4 Å². The standard InChI is InChI=1S/C8H15F3N4O/c1-2-3-5(6(12)13)15-7(16)14-4-8(9,10)11/h5H,2-4H2,1H3,(H3,12,13)(H2,14,15,16). The number of carbonyl (C=O) groups excluding carboxylic acids is 1. The van der Waals surface area contributed by atoms with Crippen LogP contribution in [0.25, 0.3) is 0 Å². The summed E-state index contributed by atoms with van der Waals surface area (Å²) in [5.41, 5.74) is 5.17. The number of alkyl halides is 3. The lowest BCUT2D eigenvalue weighted by Gasteiger charge is -2.17. The molecular formula is C8H15F3N4O. The highest BCUT2D eigenvalue weighted by Crippen LogP contribution is 2.11. The van der Waals surface area contributed by atoms with E-state index in [-0.39, 0.29) is 5.84 Å². The SMILES string of the molecule is CCCC(NC(=O)NCC(F)(F)F)C(=N)N. The molecule has 94 valence electrons. The monoisotopic (exact) mass is 240 g/mol. The van der Waals surface area contributed by atoms with Crippen LogP contribution in [0.5, 0.6) is 0 Å². The molecule has 0 spiro atoms. The van der Waals surface area contributed by atoms with Gasteiger partial charge in [0.1, 0.15) is 12.4 Å². The second-order valence-electron chi connectivity index (χ2n) is 3.24. The largest absolute Gasteiger partial charge is 0.405 e. The van der Waals surface area contributed by atoms with E-state index in [9.17, 15) is 18.0 Å². The minimum absolute atomic E-state index is 0.274. The molecule has 0 aromatic carbocycles. The average molecular weight is 240 g/mol. The van der Waals surface area contributed by atoms with Gasteiger partial charge in [-0.25, -0.2) is 4.79 Å². The van der Waals surface area contributed by atoms with E-state index in [2.05, 4.69) is 5.32 Å². The van der Waals surface area contributed by atoms with Crippen molar-refractivity contribution in [2.45, 2.75) is 32.0 Å². The zero-order valence-electron chi connectivity index (χ0n) is 8.82. The Morgan fingerprint density at radius 3 is 2.44 bits per heavy atom. The number of urea groups is 1. The molecule has 0 aliphatic heterocycles. The molecule has 1 atom stereocenters. The first-order chi connectivity index (χ1) is 7.26. The number of nitrogens with one attached hydrogen (secondary N) is 3. The van der Waals surface area contributed by atoms with Gasteiger partial charge < -0.3 is 16.4 Å². The Morgan fingerprint density at radius 1 is 1.50 bits per heavy atom. The molecule has 0 aromatic heterocycles. The number of rotatable bonds is 5. The maximum absolute atomic E-state index is 11.8. The summed E-state index contributed by atoms with van der Waals surface area (Å²) in [6, 6.07) is -1.70. The van der Waals surface area contributed by atoms with Crippen molar-refractivity contribution in [1.29, 1.82) is 5.41 Å². The molecule has 0 aliphatic carbocycles. The normalized spacial score (nSPS) is 13.0. The van der Waals surface area contributed by atoms with Gasteiger partial charge in [-0.2, -0.15) is 13.2 Å². The topological polar surface area (TPSA) is 91.0 Å². The maximum atomic E-state index is 11.8. The Morgan fingerprint density at radius 2 is 2.06 bits per heavy atom. The predicted octanol–water partition coefficient (Wildman–Crippen LogP) is 0.953. The minimum atomic E-state index is -4.45. The van der Waals surface area contributed by atoms with Crippen molar-refractivity contribution in [1.82, 2.24) is 10.6 Å². The molecular weight excluding hydrogens is 225 g/mol. The highest BCUT2D eigenvalue weighted by atomic mass is 19.4. The molecule has 0 rings (SSSR count). The number of carbonyl (C=O) groups is 1. The third-order valence-corrected chi connectivity index (χ3v) is 1.71. The van der Waals surface area contributed by atoms with Gasteiger partial charge in [0.2, 0.25) is 0 Å². The van der Waals surface area contributed by atoms with Crippen molar-refractivity contribution in [2.75, 3.05) is 6.54 Å². The van der Waals surface area contributed by atoms with Crippen LogP contribution in [0.15, 0.2) is 0 Å². The molecule has 0 heterocycles. The fraction of sp³-hybridized carbons (Fsp3) is 0.750. The second kappa shape index (κ2) is 6.19.